The van der Waals surface area contributed by atoms with Gasteiger partial charge >= 0.3 is 0 Å². The quantitative estimate of drug-likeness (QED) is 0.659. The average Bonchev–Trinajstić information content (AvgIpc) is 2.77. The largest absolute Gasteiger partial charge is 0.469 e. The molecule has 0 aliphatic heterocycles. The van der Waals surface area contributed by atoms with Gasteiger partial charge in [0, 0.05) is 12.8 Å². The van der Waals surface area contributed by atoms with Gasteiger partial charge in [0.15, 0.2) is 0 Å². The van der Waals surface area contributed by atoms with Crippen LogP contribution in [0.4, 0.5) is 5.69 Å². The predicted octanol–water partition coefficient (Wildman–Crippen LogP) is -0.153. The van der Waals surface area contributed by atoms with Gasteiger partial charge in [0.05, 0.1) is 19.2 Å². The van der Waals surface area contributed by atoms with E-state index in [0.29, 0.717) is 18.2 Å². The number of quaternary nitrogens is 1. The smallest absolute Gasteiger partial charge is 0.257 e. The molecule has 2 rings (SSSR count). The van der Waals surface area contributed by atoms with Crippen molar-refractivity contribution in [2.45, 2.75) is 6.92 Å². The molecule has 2 aromatic heterocycles. The van der Waals surface area contributed by atoms with Crippen LogP contribution in [0, 0.1) is 0 Å². The van der Waals surface area contributed by atoms with Crippen LogP contribution in [0.1, 0.15) is 6.92 Å². The zero-order valence-electron chi connectivity index (χ0n) is 12.1. The Bertz CT molecular complexity index is 541. The van der Waals surface area contributed by atoms with Crippen LogP contribution in [0.25, 0.3) is 5.52 Å². The monoisotopic (exact) mass is 279 g/mol. The van der Waals surface area contributed by atoms with Gasteiger partial charge < -0.3 is 20.1 Å². The Morgan fingerprint density at radius 1 is 1.30 bits per heavy atom. The first kappa shape index (κ1) is 14.6. The molecule has 3 N–H and O–H groups in total. The Morgan fingerprint density at radius 3 is 2.85 bits per heavy atom. The van der Waals surface area contributed by atoms with E-state index in [2.05, 4.69) is 12.1 Å². The van der Waals surface area contributed by atoms with Crippen molar-refractivity contribution in [3.05, 3.63) is 24.4 Å². The number of nitrogens with zero attached hydrogens (tertiary/aromatic N) is 2. The van der Waals surface area contributed by atoms with Crippen LogP contribution in [-0.2, 0) is 4.74 Å². The van der Waals surface area contributed by atoms with Gasteiger partial charge in [-0.05, 0) is 19.1 Å². The topological polar surface area (TPSA) is 66.2 Å². The van der Waals surface area contributed by atoms with Gasteiger partial charge in [-0.2, -0.15) is 0 Å². The first-order valence-corrected chi connectivity index (χ1v) is 6.97. The highest BCUT2D eigenvalue weighted by atomic mass is 16.5. The molecule has 0 amide bonds. The van der Waals surface area contributed by atoms with Gasteiger partial charge in [0.25, 0.3) is 5.88 Å². The number of nitrogens with one attached hydrogen (secondary N) is 1. The summed E-state index contributed by atoms with van der Waals surface area (Å²) in [4.78, 5) is 1.36. The van der Waals surface area contributed by atoms with Crippen LogP contribution in [0.5, 0.6) is 5.88 Å². The van der Waals surface area contributed by atoms with Crippen molar-refractivity contribution in [2.24, 2.45) is 0 Å². The summed E-state index contributed by atoms with van der Waals surface area (Å²) in [7, 11) is 2.12. The lowest BCUT2D eigenvalue weighted by atomic mass is 10.4. The molecule has 0 aliphatic carbocycles. The zero-order chi connectivity index (χ0) is 14.4. The highest BCUT2D eigenvalue weighted by Crippen LogP contribution is 2.24. The molecule has 110 valence electrons. The molecule has 0 spiro atoms. The molecule has 0 aliphatic rings. The number of nitrogens with two attached hydrogens (primary N) is 1. The lowest BCUT2D eigenvalue weighted by Crippen LogP contribution is -3.10. The van der Waals surface area contributed by atoms with Crippen LogP contribution in [-0.4, -0.2) is 49.6 Å². The fourth-order valence-corrected chi connectivity index (χ4v) is 1.94. The van der Waals surface area contributed by atoms with Crippen molar-refractivity contribution in [3.8, 4) is 5.88 Å². The van der Waals surface area contributed by atoms with E-state index in [1.54, 1.807) is 4.52 Å². The lowest BCUT2D eigenvalue weighted by molar-refractivity contribution is -0.880. The van der Waals surface area contributed by atoms with E-state index in [1.165, 1.54) is 4.90 Å². The summed E-state index contributed by atoms with van der Waals surface area (Å²) in [6.07, 6.45) is 1.86. The number of hydrogen-bond acceptors (Lipinski definition) is 4. The van der Waals surface area contributed by atoms with Crippen LogP contribution >= 0.6 is 0 Å². The summed E-state index contributed by atoms with van der Waals surface area (Å²) in [6.45, 7) is 6.00. The molecular weight excluding hydrogens is 256 g/mol. The maximum Gasteiger partial charge on any atom is 0.257 e. The highest BCUT2D eigenvalue weighted by Gasteiger charge is 2.11. The van der Waals surface area contributed by atoms with Crippen molar-refractivity contribution in [1.29, 1.82) is 0 Å². The lowest BCUT2D eigenvalue weighted by Gasteiger charge is -2.13. The van der Waals surface area contributed by atoms with Crippen molar-refractivity contribution in [3.63, 3.8) is 0 Å². The fourth-order valence-electron chi connectivity index (χ4n) is 1.94. The Balaban J connectivity index is 1.82. The van der Waals surface area contributed by atoms with Crippen LogP contribution in [0.15, 0.2) is 24.4 Å². The third-order valence-electron chi connectivity index (χ3n) is 3.19. The zero-order valence-corrected chi connectivity index (χ0v) is 12.1. The minimum absolute atomic E-state index is 0.508. The summed E-state index contributed by atoms with van der Waals surface area (Å²) >= 11 is 0. The SMILES string of the molecule is CCOCC[NH+](C)CCOc1nn2ccccc2c1N. The molecule has 0 saturated heterocycles. The van der Waals surface area contributed by atoms with E-state index < -0.39 is 0 Å². The number of likely N-dealkylation sites (N-methyl/N-ethyl adjacent to an activating group) is 1. The van der Waals surface area contributed by atoms with Crippen molar-refractivity contribution < 1.29 is 14.4 Å². The van der Waals surface area contributed by atoms with E-state index in [0.717, 1.165) is 31.8 Å². The third kappa shape index (κ3) is 3.61. The molecule has 2 heterocycles. The number of hydrogen-bond donors (Lipinski definition) is 2. The first-order valence-electron chi connectivity index (χ1n) is 6.97. The minimum Gasteiger partial charge on any atom is -0.469 e. The standard InChI is InChI=1S/C14H22N4O2/c1-3-19-10-8-17(2)9-11-20-14-13(15)12-6-4-5-7-18(12)16-14/h4-7H,3,8-11,15H2,1-2H3/p+1. The van der Waals surface area contributed by atoms with Gasteiger partial charge in [0.2, 0.25) is 0 Å². The van der Waals surface area contributed by atoms with Gasteiger partial charge in [0.1, 0.15) is 25.4 Å². The first-order chi connectivity index (χ1) is 9.72. The average molecular weight is 279 g/mol. The molecule has 0 bridgehead atoms. The van der Waals surface area contributed by atoms with E-state index in [-0.39, 0.29) is 0 Å². The third-order valence-corrected chi connectivity index (χ3v) is 3.19. The van der Waals surface area contributed by atoms with Gasteiger partial charge in [-0.1, -0.05) is 6.07 Å². The Morgan fingerprint density at radius 2 is 2.10 bits per heavy atom. The van der Waals surface area contributed by atoms with Gasteiger partial charge in [-0.25, -0.2) is 4.52 Å². The molecule has 0 saturated carbocycles. The van der Waals surface area contributed by atoms with Crippen molar-refractivity contribution >= 4 is 11.2 Å². The Kier molecular flexibility index (Phi) is 5.20. The molecule has 0 fully saturated rings. The molecule has 2 aromatic rings. The number of rotatable bonds is 8. The molecule has 0 radical (unpaired) electrons. The summed E-state index contributed by atoms with van der Waals surface area (Å²) in [5, 5.41) is 4.32. The van der Waals surface area contributed by atoms with Crippen molar-refractivity contribution in [2.75, 3.05) is 45.7 Å². The van der Waals surface area contributed by atoms with Gasteiger partial charge in [-0.15, -0.1) is 5.10 Å². The predicted molar refractivity (Wildman–Crippen MR) is 78.2 cm³/mol. The normalized spacial score (nSPS) is 12.7. The molecule has 0 aromatic carbocycles. The summed E-state index contributed by atoms with van der Waals surface area (Å²) in [6, 6.07) is 5.77. The summed E-state index contributed by atoms with van der Waals surface area (Å²) < 4.78 is 12.7. The number of fused-ring (bicyclic) bond motifs is 1. The Labute approximate surface area is 119 Å². The second kappa shape index (κ2) is 7.12. The molecule has 1 unspecified atom stereocenters. The number of nitrogen functional groups attached to an aromatic ring is 1. The van der Waals surface area contributed by atoms with E-state index >= 15 is 0 Å². The van der Waals surface area contributed by atoms with Crippen LogP contribution < -0.4 is 15.4 Å². The number of ether oxygens (including phenoxy) is 2. The molecule has 6 nitrogen and oxygen atoms in total. The number of aromatic nitrogens is 2. The highest BCUT2D eigenvalue weighted by molar-refractivity contribution is 5.74. The van der Waals surface area contributed by atoms with Gasteiger partial charge in [-0.3, -0.25) is 0 Å². The molecule has 20 heavy (non-hydrogen) atoms. The maximum absolute atomic E-state index is 6.02. The summed E-state index contributed by atoms with van der Waals surface area (Å²) in [5.74, 6) is 0.508. The van der Waals surface area contributed by atoms with Crippen LogP contribution in [0.3, 0.4) is 0 Å². The molecule has 1 atom stereocenters. The Hall–Kier alpha value is -1.79. The number of anilines is 1. The summed E-state index contributed by atoms with van der Waals surface area (Å²) in [5.41, 5.74) is 7.49. The van der Waals surface area contributed by atoms with E-state index in [9.17, 15) is 0 Å². The fraction of sp³-hybridized carbons (Fsp3) is 0.500. The van der Waals surface area contributed by atoms with E-state index in [1.807, 2.05) is 31.3 Å². The van der Waals surface area contributed by atoms with Crippen LogP contribution in [0.2, 0.25) is 0 Å². The van der Waals surface area contributed by atoms with Crippen molar-refractivity contribution in [1.82, 2.24) is 9.61 Å². The maximum atomic E-state index is 6.02. The second-order valence-corrected chi connectivity index (χ2v) is 4.75. The minimum atomic E-state index is 0.508. The molecule has 6 heteroatoms. The molecular formula is C14H23N4O2+. The number of pyridine rings is 1. The second-order valence-electron chi connectivity index (χ2n) is 4.75. The van der Waals surface area contributed by atoms with E-state index in [4.69, 9.17) is 15.2 Å².